The Balaban J connectivity index is 1.69. The van der Waals surface area contributed by atoms with Crippen LogP contribution in [0, 0.1) is 22.7 Å². The first-order chi connectivity index (χ1) is 15.1. The van der Waals surface area contributed by atoms with Crippen molar-refractivity contribution in [2.45, 2.75) is 64.2 Å². The lowest BCUT2D eigenvalue weighted by atomic mass is 9.71. The van der Waals surface area contributed by atoms with Crippen molar-refractivity contribution in [3.05, 3.63) is 47.2 Å². The quantitative estimate of drug-likeness (QED) is 0.612. The molecule has 2 atom stereocenters. The van der Waals surface area contributed by atoms with Gasteiger partial charge in [0.1, 0.15) is 11.1 Å². The van der Waals surface area contributed by atoms with Crippen LogP contribution in [0.1, 0.15) is 57.9 Å². The monoisotopic (exact) mass is 450 g/mol. The highest BCUT2D eigenvalue weighted by molar-refractivity contribution is 8.00. The second kappa shape index (κ2) is 9.74. The maximum atomic E-state index is 12.7. The molecule has 1 heterocycles. The first-order valence-electron chi connectivity index (χ1n) is 10.8. The first kappa shape index (κ1) is 23.8. The van der Waals surface area contributed by atoms with E-state index in [4.69, 9.17) is 4.98 Å². The molecule has 0 bridgehead atoms. The van der Waals surface area contributed by atoms with Crippen LogP contribution >= 0.6 is 11.8 Å². The van der Waals surface area contributed by atoms with Gasteiger partial charge in [-0.3, -0.25) is 9.59 Å². The van der Waals surface area contributed by atoms with Crippen LogP contribution in [0.2, 0.25) is 0 Å². The van der Waals surface area contributed by atoms with Gasteiger partial charge >= 0.3 is 0 Å². The van der Waals surface area contributed by atoms with E-state index in [9.17, 15) is 14.9 Å². The molecule has 0 aliphatic heterocycles. The third-order valence-electron chi connectivity index (χ3n) is 5.83. The third kappa shape index (κ3) is 5.89. The van der Waals surface area contributed by atoms with Gasteiger partial charge in [-0.2, -0.15) is 5.26 Å². The summed E-state index contributed by atoms with van der Waals surface area (Å²) in [6.07, 6.45) is 2.93. The zero-order chi connectivity index (χ0) is 23.5. The smallest absolute Gasteiger partial charge is 0.237 e. The van der Waals surface area contributed by atoms with Gasteiger partial charge in [-0.1, -0.05) is 32.5 Å². The van der Waals surface area contributed by atoms with E-state index in [1.165, 1.54) is 18.7 Å². The molecule has 2 aromatic rings. The molecule has 6 nitrogen and oxygen atoms in total. The van der Waals surface area contributed by atoms with Gasteiger partial charge in [0.2, 0.25) is 11.8 Å². The molecule has 2 amide bonds. The van der Waals surface area contributed by atoms with Gasteiger partial charge in [0, 0.05) is 24.0 Å². The number of pyridine rings is 1. The molecular weight excluding hydrogens is 420 g/mol. The van der Waals surface area contributed by atoms with Crippen LogP contribution in [-0.2, 0) is 22.4 Å². The first-order valence-corrected chi connectivity index (χ1v) is 11.7. The molecule has 2 unspecified atom stereocenters. The topological polar surface area (TPSA) is 94.9 Å². The Bertz CT molecular complexity index is 1050. The van der Waals surface area contributed by atoms with Gasteiger partial charge in [-0.15, -0.1) is 0 Å². The number of nitriles is 1. The number of fused-ring (bicyclic) bond motifs is 1. The summed E-state index contributed by atoms with van der Waals surface area (Å²) in [7, 11) is 0. The fourth-order valence-corrected chi connectivity index (χ4v) is 4.75. The molecule has 168 valence electrons. The molecule has 1 aliphatic rings. The van der Waals surface area contributed by atoms with Crippen molar-refractivity contribution >= 4 is 35.0 Å². The predicted molar refractivity (Wildman–Crippen MR) is 129 cm³/mol. The minimum Gasteiger partial charge on any atom is -0.326 e. The van der Waals surface area contributed by atoms with Gasteiger partial charge in [0.15, 0.2) is 0 Å². The van der Waals surface area contributed by atoms with Crippen LogP contribution in [-0.4, -0.2) is 22.0 Å². The number of benzene rings is 1. The summed E-state index contributed by atoms with van der Waals surface area (Å²) in [5, 5.41) is 15.5. The van der Waals surface area contributed by atoms with Crippen molar-refractivity contribution in [2.75, 3.05) is 10.6 Å². The molecule has 0 radical (unpaired) electrons. The van der Waals surface area contributed by atoms with E-state index in [0.29, 0.717) is 27.9 Å². The fraction of sp³-hybridized carbons (Fsp3) is 0.440. The van der Waals surface area contributed by atoms with Gasteiger partial charge in [0.05, 0.1) is 10.8 Å². The van der Waals surface area contributed by atoms with E-state index >= 15 is 0 Å². The Morgan fingerprint density at radius 2 is 1.81 bits per heavy atom. The lowest BCUT2D eigenvalue weighted by Gasteiger charge is -2.34. The van der Waals surface area contributed by atoms with Crippen molar-refractivity contribution < 1.29 is 9.59 Å². The molecule has 32 heavy (non-hydrogen) atoms. The maximum Gasteiger partial charge on any atom is 0.237 e. The number of amides is 2. The van der Waals surface area contributed by atoms with E-state index in [-0.39, 0.29) is 17.2 Å². The van der Waals surface area contributed by atoms with Crippen LogP contribution in [0.25, 0.3) is 0 Å². The van der Waals surface area contributed by atoms with Gasteiger partial charge in [0.25, 0.3) is 0 Å². The molecule has 2 N–H and O–H groups in total. The number of hydrogen-bond donors (Lipinski definition) is 2. The zero-order valence-corrected chi connectivity index (χ0v) is 20.1. The molecule has 1 aliphatic carbocycles. The molecular formula is C25H30N4O2S. The van der Waals surface area contributed by atoms with Crippen molar-refractivity contribution in [3.8, 4) is 6.07 Å². The highest BCUT2D eigenvalue weighted by atomic mass is 32.2. The Morgan fingerprint density at radius 1 is 1.19 bits per heavy atom. The van der Waals surface area contributed by atoms with E-state index in [1.54, 1.807) is 24.3 Å². The highest BCUT2D eigenvalue weighted by Crippen LogP contribution is 2.38. The zero-order valence-electron chi connectivity index (χ0n) is 19.3. The van der Waals surface area contributed by atoms with Gasteiger partial charge < -0.3 is 10.6 Å². The van der Waals surface area contributed by atoms with Crippen molar-refractivity contribution in [1.29, 1.82) is 5.26 Å². The number of nitrogens with one attached hydrogen (secondary N) is 2. The standard InChI is InChI=1S/C25H30N4O2S/c1-15(23(31)28-21-9-7-20(8-10-21)27-16(2)30)32-24-18(14-26)12-17-13-19(25(3,4)5)6-11-22(17)29-24/h7-10,12,15,19H,6,11,13H2,1-5H3,(H,27,30)(H,28,31). The molecule has 0 saturated heterocycles. The predicted octanol–water partition coefficient (Wildman–Crippen LogP) is 5.18. The molecule has 0 spiro atoms. The second-order valence-electron chi connectivity index (χ2n) is 9.37. The van der Waals surface area contributed by atoms with E-state index < -0.39 is 5.25 Å². The summed E-state index contributed by atoms with van der Waals surface area (Å²) in [6, 6.07) is 11.2. The number of aryl methyl sites for hydroxylation is 1. The SMILES string of the molecule is CC(=O)Nc1ccc(NC(=O)C(C)Sc2nc3c(cc2C#N)CC(C(C)(C)C)CC3)cc1. The second-order valence-corrected chi connectivity index (χ2v) is 10.7. The van der Waals surface area contributed by atoms with Crippen LogP contribution in [0.5, 0.6) is 0 Å². The molecule has 1 aromatic heterocycles. The Morgan fingerprint density at radius 3 is 2.38 bits per heavy atom. The number of nitrogens with zero attached hydrogens (tertiary/aromatic N) is 2. The Kier molecular flexibility index (Phi) is 7.25. The summed E-state index contributed by atoms with van der Waals surface area (Å²) < 4.78 is 0. The van der Waals surface area contributed by atoms with Gasteiger partial charge in [-0.25, -0.2) is 4.98 Å². The van der Waals surface area contributed by atoms with E-state index in [0.717, 1.165) is 30.5 Å². The van der Waals surface area contributed by atoms with Gasteiger partial charge in [-0.05, 0) is 73.4 Å². The molecule has 0 fully saturated rings. The largest absolute Gasteiger partial charge is 0.326 e. The lowest BCUT2D eigenvalue weighted by molar-refractivity contribution is -0.115. The number of hydrogen-bond acceptors (Lipinski definition) is 5. The van der Waals surface area contributed by atoms with Crippen molar-refractivity contribution in [1.82, 2.24) is 4.98 Å². The third-order valence-corrected chi connectivity index (χ3v) is 6.93. The molecule has 1 aromatic carbocycles. The Labute approximate surface area is 194 Å². The van der Waals surface area contributed by atoms with E-state index in [2.05, 4.69) is 37.5 Å². The minimum absolute atomic E-state index is 0.147. The lowest BCUT2D eigenvalue weighted by Crippen LogP contribution is -2.27. The summed E-state index contributed by atoms with van der Waals surface area (Å²) in [5.41, 5.74) is 4.28. The van der Waals surface area contributed by atoms with Crippen LogP contribution < -0.4 is 10.6 Å². The summed E-state index contributed by atoms with van der Waals surface area (Å²) >= 11 is 1.31. The Hall–Kier alpha value is -2.85. The van der Waals surface area contributed by atoms with E-state index in [1.807, 2.05) is 13.0 Å². The fourth-order valence-electron chi connectivity index (χ4n) is 3.86. The van der Waals surface area contributed by atoms with Crippen LogP contribution in [0.3, 0.4) is 0 Å². The average molecular weight is 451 g/mol. The normalized spacial score (nSPS) is 16.4. The summed E-state index contributed by atoms with van der Waals surface area (Å²) in [5.74, 6) is 0.258. The van der Waals surface area contributed by atoms with Crippen molar-refractivity contribution in [3.63, 3.8) is 0 Å². The number of carbonyl (C=O) groups excluding carboxylic acids is 2. The molecule has 7 heteroatoms. The molecule has 0 saturated carbocycles. The van der Waals surface area contributed by atoms with Crippen LogP contribution in [0.4, 0.5) is 11.4 Å². The highest BCUT2D eigenvalue weighted by Gasteiger charge is 2.30. The minimum atomic E-state index is -0.423. The van der Waals surface area contributed by atoms with Crippen molar-refractivity contribution in [2.24, 2.45) is 11.3 Å². The number of carbonyl (C=O) groups is 2. The number of anilines is 2. The number of rotatable bonds is 5. The maximum absolute atomic E-state index is 12.7. The number of aromatic nitrogens is 1. The average Bonchev–Trinajstić information content (AvgIpc) is 2.73. The number of thioether (sulfide) groups is 1. The summed E-state index contributed by atoms with van der Waals surface area (Å²) in [6.45, 7) is 10.0. The molecule has 3 rings (SSSR count). The summed E-state index contributed by atoms with van der Waals surface area (Å²) in [4.78, 5) is 28.6. The van der Waals surface area contributed by atoms with Crippen LogP contribution in [0.15, 0.2) is 35.4 Å².